The highest BCUT2D eigenvalue weighted by Gasteiger charge is 2.52. The molecule has 0 radical (unpaired) electrons. The van der Waals surface area contributed by atoms with Crippen molar-refractivity contribution < 1.29 is 9.53 Å². The Balaban J connectivity index is 1.19. The zero-order valence-corrected chi connectivity index (χ0v) is 19.1. The van der Waals surface area contributed by atoms with Crippen LogP contribution in [0.5, 0.6) is 0 Å². The smallest absolute Gasteiger partial charge is 0.254 e. The van der Waals surface area contributed by atoms with Gasteiger partial charge in [0.1, 0.15) is 0 Å². The van der Waals surface area contributed by atoms with Crippen molar-refractivity contribution in [1.29, 1.82) is 0 Å². The number of nitrogens with zero attached hydrogens (tertiary/aromatic N) is 5. The molecular formula is C27H27N5O2. The predicted octanol–water partition coefficient (Wildman–Crippen LogP) is 4.07. The summed E-state index contributed by atoms with van der Waals surface area (Å²) in [7, 11) is 0. The van der Waals surface area contributed by atoms with Crippen LogP contribution in [0.25, 0.3) is 11.3 Å². The molecule has 7 nitrogen and oxygen atoms in total. The fourth-order valence-corrected chi connectivity index (χ4v) is 5.38. The van der Waals surface area contributed by atoms with Gasteiger partial charge in [-0.15, -0.1) is 0 Å². The molecule has 0 atom stereocenters. The Morgan fingerprint density at radius 2 is 1.79 bits per heavy atom. The quantitative estimate of drug-likeness (QED) is 0.593. The minimum Gasteiger partial charge on any atom is -0.378 e. The van der Waals surface area contributed by atoms with E-state index in [4.69, 9.17) is 14.7 Å². The number of pyridine rings is 1. The van der Waals surface area contributed by atoms with Gasteiger partial charge in [0, 0.05) is 60.5 Å². The van der Waals surface area contributed by atoms with E-state index < -0.39 is 0 Å². The number of anilines is 2. The lowest BCUT2D eigenvalue weighted by molar-refractivity contribution is 0.0303. The zero-order chi connectivity index (χ0) is 22.7. The molecule has 2 aromatic heterocycles. The molecule has 3 aromatic rings. The van der Waals surface area contributed by atoms with Gasteiger partial charge in [0.2, 0.25) is 5.95 Å². The van der Waals surface area contributed by atoms with Crippen molar-refractivity contribution in [3.63, 3.8) is 0 Å². The second-order valence-corrected chi connectivity index (χ2v) is 10.0. The molecule has 4 heterocycles. The molecule has 172 valence electrons. The van der Waals surface area contributed by atoms with Crippen molar-refractivity contribution in [2.45, 2.75) is 37.0 Å². The maximum atomic E-state index is 13.1. The molecule has 1 saturated heterocycles. The number of aromatic nitrogens is 3. The summed E-state index contributed by atoms with van der Waals surface area (Å²) in [5.41, 5.74) is 6.50. The number of morpholine rings is 1. The molecule has 3 fully saturated rings. The molecule has 2 aliphatic heterocycles. The third-order valence-electron chi connectivity index (χ3n) is 7.73. The minimum atomic E-state index is 0.0701. The van der Waals surface area contributed by atoms with E-state index in [0.717, 1.165) is 29.1 Å². The highest BCUT2D eigenvalue weighted by atomic mass is 16.5. The zero-order valence-electron chi connectivity index (χ0n) is 19.1. The van der Waals surface area contributed by atoms with Gasteiger partial charge in [-0.25, -0.2) is 9.97 Å². The van der Waals surface area contributed by atoms with Gasteiger partial charge < -0.3 is 14.5 Å². The topological polar surface area (TPSA) is 71.5 Å². The van der Waals surface area contributed by atoms with Crippen LogP contribution in [-0.4, -0.2) is 58.6 Å². The number of hydrogen-bond donors (Lipinski definition) is 0. The summed E-state index contributed by atoms with van der Waals surface area (Å²) >= 11 is 0. The lowest BCUT2D eigenvalue weighted by atomic mass is 9.97. The van der Waals surface area contributed by atoms with Crippen LogP contribution in [0.2, 0.25) is 0 Å². The highest BCUT2D eigenvalue weighted by molar-refractivity contribution is 5.96. The molecule has 2 aliphatic carbocycles. The van der Waals surface area contributed by atoms with Crippen LogP contribution in [0.4, 0.5) is 11.6 Å². The Morgan fingerprint density at radius 1 is 1.00 bits per heavy atom. The summed E-state index contributed by atoms with van der Waals surface area (Å²) in [5, 5.41) is 0. The first kappa shape index (κ1) is 20.1. The summed E-state index contributed by atoms with van der Waals surface area (Å²) in [6.45, 7) is 3.36. The van der Waals surface area contributed by atoms with Crippen LogP contribution in [-0.2, 0) is 10.2 Å². The number of fused-ring (bicyclic) bond motifs is 2. The minimum absolute atomic E-state index is 0.0701. The van der Waals surface area contributed by atoms with Gasteiger partial charge in [0.15, 0.2) is 0 Å². The molecule has 1 spiro atoms. The van der Waals surface area contributed by atoms with Gasteiger partial charge in [-0.2, -0.15) is 0 Å². The van der Waals surface area contributed by atoms with E-state index in [9.17, 15) is 4.79 Å². The van der Waals surface area contributed by atoms with Crippen molar-refractivity contribution in [3.8, 4) is 11.3 Å². The maximum Gasteiger partial charge on any atom is 0.254 e. The molecule has 34 heavy (non-hydrogen) atoms. The Bertz CT molecular complexity index is 1260. The second kappa shape index (κ2) is 7.60. The standard InChI is InChI=1S/C27H27N5O2/c33-25(31-9-11-34-12-10-31)20-3-4-22-24(14-20)32(17-27(22)6-7-27)26-29-15-21(16-30-26)23-13-19(5-8-28-23)18-1-2-18/h3-5,8,13-16,18H,1-2,6-7,9-12,17H2. The number of hydrogen-bond acceptors (Lipinski definition) is 6. The Hall–Kier alpha value is -3.32. The van der Waals surface area contributed by atoms with Crippen molar-refractivity contribution in [2.75, 3.05) is 37.7 Å². The Labute approximate surface area is 198 Å². The molecule has 7 heteroatoms. The first-order valence-corrected chi connectivity index (χ1v) is 12.3. The van der Waals surface area contributed by atoms with Crippen molar-refractivity contribution in [1.82, 2.24) is 19.9 Å². The third-order valence-corrected chi connectivity index (χ3v) is 7.73. The Morgan fingerprint density at radius 3 is 2.53 bits per heavy atom. The van der Waals surface area contributed by atoms with Crippen LogP contribution in [0.3, 0.4) is 0 Å². The van der Waals surface area contributed by atoms with Gasteiger partial charge >= 0.3 is 0 Å². The fraction of sp³-hybridized carbons (Fsp3) is 0.407. The molecule has 0 N–H and O–H groups in total. The number of rotatable bonds is 4. The molecular weight excluding hydrogens is 426 g/mol. The lowest BCUT2D eigenvalue weighted by Gasteiger charge is -2.27. The van der Waals surface area contributed by atoms with Crippen LogP contribution in [0, 0.1) is 0 Å². The first-order valence-electron chi connectivity index (χ1n) is 12.3. The Kier molecular flexibility index (Phi) is 4.49. The highest BCUT2D eigenvalue weighted by Crippen LogP contribution is 2.57. The van der Waals surface area contributed by atoms with E-state index in [1.807, 2.05) is 35.6 Å². The summed E-state index contributed by atoms with van der Waals surface area (Å²) in [4.78, 5) is 31.2. The maximum absolute atomic E-state index is 13.1. The summed E-state index contributed by atoms with van der Waals surface area (Å²) in [6, 6.07) is 10.5. The van der Waals surface area contributed by atoms with Crippen LogP contribution in [0.15, 0.2) is 48.9 Å². The van der Waals surface area contributed by atoms with Crippen molar-refractivity contribution >= 4 is 17.5 Å². The van der Waals surface area contributed by atoms with Crippen LogP contribution < -0.4 is 4.90 Å². The van der Waals surface area contributed by atoms with E-state index in [0.29, 0.717) is 38.2 Å². The number of carbonyl (C=O) groups excluding carboxylic acids is 1. The number of benzene rings is 1. The average Bonchev–Trinajstić information content (AvgIpc) is 3.83. The van der Waals surface area contributed by atoms with Gasteiger partial charge in [-0.1, -0.05) is 6.07 Å². The van der Waals surface area contributed by atoms with Crippen molar-refractivity contribution in [3.05, 3.63) is 65.6 Å². The predicted molar refractivity (Wildman–Crippen MR) is 128 cm³/mol. The summed E-state index contributed by atoms with van der Waals surface area (Å²) in [6.07, 6.45) is 10.5. The molecule has 4 aliphatic rings. The monoisotopic (exact) mass is 453 g/mol. The lowest BCUT2D eigenvalue weighted by Crippen LogP contribution is -2.40. The molecule has 2 saturated carbocycles. The largest absolute Gasteiger partial charge is 0.378 e. The first-order chi connectivity index (χ1) is 16.7. The number of carbonyl (C=O) groups is 1. The van der Waals surface area contributed by atoms with E-state index in [-0.39, 0.29) is 11.3 Å². The van der Waals surface area contributed by atoms with E-state index in [2.05, 4.69) is 28.1 Å². The number of amides is 1. The SMILES string of the molecule is O=C(c1ccc2c(c1)N(c1ncc(-c3cc(C4CC4)ccn3)cn1)CC21CC1)N1CCOCC1. The van der Waals surface area contributed by atoms with Gasteiger partial charge in [-0.3, -0.25) is 9.78 Å². The van der Waals surface area contributed by atoms with E-state index in [1.54, 1.807) is 0 Å². The molecule has 1 aromatic carbocycles. The van der Waals surface area contributed by atoms with E-state index in [1.165, 1.54) is 36.8 Å². The molecule has 0 bridgehead atoms. The van der Waals surface area contributed by atoms with Crippen molar-refractivity contribution in [2.24, 2.45) is 0 Å². The van der Waals surface area contributed by atoms with E-state index >= 15 is 0 Å². The van der Waals surface area contributed by atoms with Crippen LogP contribution in [0.1, 0.15) is 53.1 Å². The molecule has 7 rings (SSSR count). The normalized spacial score (nSPS) is 20.5. The number of ether oxygens (including phenoxy) is 1. The average molecular weight is 454 g/mol. The van der Waals surface area contributed by atoms with Gasteiger partial charge in [0.25, 0.3) is 5.91 Å². The summed E-state index contributed by atoms with van der Waals surface area (Å²) < 4.78 is 5.41. The molecule has 1 amide bonds. The summed E-state index contributed by atoms with van der Waals surface area (Å²) in [5.74, 6) is 1.44. The molecule has 0 unspecified atom stereocenters. The fourth-order valence-electron chi connectivity index (χ4n) is 5.38. The van der Waals surface area contributed by atoms with Gasteiger partial charge in [-0.05, 0) is 67.0 Å². The van der Waals surface area contributed by atoms with Crippen LogP contribution >= 0.6 is 0 Å². The van der Waals surface area contributed by atoms with Gasteiger partial charge in [0.05, 0.1) is 18.9 Å². The second-order valence-electron chi connectivity index (χ2n) is 10.0. The third kappa shape index (κ3) is 3.38.